The summed E-state index contributed by atoms with van der Waals surface area (Å²) in [6, 6.07) is 5.01. The maximum absolute atomic E-state index is 12.1. The second-order valence-corrected chi connectivity index (χ2v) is 5.79. The van der Waals surface area contributed by atoms with Gasteiger partial charge in [0, 0.05) is 12.6 Å². The van der Waals surface area contributed by atoms with Crippen LogP contribution in [0, 0.1) is 0 Å². The van der Waals surface area contributed by atoms with Gasteiger partial charge in [-0.05, 0) is 39.0 Å². The first-order valence-electron chi connectivity index (χ1n) is 6.03. The molecule has 0 saturated carbocycles. The van der Waals surface area contributed by atoms with Gasteiger partial charge in [0.1, 0.15) is 5.75 Å². The predicted octanol–water partition coefficient (Wildman–Crippen LogP) is 2.63. The van der Waals surface area contributed by atoms with Crippen molar-refractivity contribution in [2.75, 3.05) is 11.9 Å². The molecule has 0 fully saturated rings. The molecule has 1 aliphatic rings. The van der Waals surface area contributed by atoms with E-state index in [4.69, 9.17) is 16.3 Å². The maximum atomic E-state index is 12.1. The fourth-order valence-electron chi connectivity index (χ4n) is 2.08. The van der Waals surface area contributed by atoms with Crippen molar-refractivity contribution in [2.45, 2.75) is 31.7 Å². The molecular weight excluding hydrogens is 266 g/mol. The number of ketones is 1. The van der Waals surface area contributed by atoms with Crippen LogP contribution >= 0.6 is 11.6 Å². The summed E-state index contributed by atoms with van der Waals surface area (Å²) in [4.78, 5) is 25.5. The zero-order chi connectivity index (χ0) is 14.4. The van der Waals surface area contributed by atoms with E-state index < -0.39 is 11.0 Å². The molecule has 5 heteroatoms. The Balaban J connectivity index is 2.47. The number of carbonyl (C=O) groups excluding carboxylic acids is 2. The summed E-state index contributed by atoms with van der Waals surface area (Å²) in [6.07, 6.45) is 0. The van der Waals surface area contributed by atoms with Crippen molar-refractivity contribution in [1.29, 1.82) is 0 Å². The largest absolute Gasteiger partial charge is 0.476 e. The number of hydrogen-bond acceptors (Lipinski definition) is 3. The molecule has 0 aromatic heterocycles. The number of alkyl halides is 1. The molecule has 0 aliphatic carbocycles. The molecular formula is C14H16ClNO3. The number of carbonyl (C=O) groups is 2. The number of Topliss-reactive ketones (excluding diaryl/α,β-unsaturated/α-hetero) is 1. The second kappa shape index (κ2) is 4.53. The lowest BCUT2D eigenvalue weighted by atomic mass is 10.0. The molecule has 0 spiro atoms. The third-order valence-corrected chi connectivity index (χ3v) is 3.35. The first kappa shape index (κ1) is 13.9. The minimum Gasteiger partial charge on any atom is -0.476 e. The van der Waals surface area contributed by atoms with Crippen LogP contribution in [0.2, 0.25) is 0 Å². The van der Waals surface area contributed by atoms with Crippen LogP contribution in [0.3, 0.4) is 0 Å². The molecule has 0 radical (unpaired) electrons. The molecule has 1 unspecified atom stereocenters. The lowest BCUT2D eigenvalue weighted by Crippen LogP contribution is -2.50. The molecule has 102 valence electrons. The Morgan fingerprint density at radius 1 is 1.42 bits per heavy atom. The Labute approximate surface area is 117 Å². The molecule has 1 aliphatic heterocycles. The lowest BCUT2D eigenvalue weighted by molar-refractivity contribution is -0.132. The topological polar surface area (TPSA) is 46.6 Å². The quantitative estimate of drug-likeness (QED) is 0.618. The van der Waals surface area contributed by atoms with Gasteiger partial charge in [0.15, 0.2) is 11.4 Å². The van der Waals surface area contributed by atoms with Gasteiger partial charge in [-0.1, -0.05) is 0 Å². The Kier molecular flexibility index (Phi) is 3.31. The van der Waals surface area contributed by atoms with Gasteiger partial charge in [-0.25, -0.2) is 0 Å². The third kappa shape index (κ3) is 2.32. The normalized spacial score (nSPS) is 18.6. The first-order valence-corrected chi connectivity index (χ1v) is 6.47. The van der Waals surface area contributed by atoms with Crippen LogP contribution < -0.4 is 9.64 Å². The minimum absolute atomic E-state index is 0.150. The van der Waals surface area contributed by atoms with Gasteiger partial charge >= 0.3 is 0 Å². The van der Waals surface area contributed by atoms with Crippen LogP contribution in [-0.2, 0) is 4.79 Å². The number of halogens is 1. The molecule has 4 nitrogen and oxygen atoms in total. The Bertz CT molecular complexity index is 552. The van der Waals surface area contributed by atoms with Gasteiger partial charge < -0.3 is 9.64 Å². The van der Waals surface area contributed by atoms with Crippen LogP contribution in [0.15, 0.2) is 18.2 Å². The summed E-state index contributed by atoms with van der Waals surface area (Å²) in [5, 5.41) is -0.597. The van der Waals surface area contributed by atoms with Crippen molar-refractivity contribution < 1.29 is 14.3 Å². The van der Waals surface area contributed by atoms with Gasteiger partial charge in [0.25, 0.3) is 5.91 Å². The van der Waals surface area contributed by atoms with Crippen LogP contribution in [-0.4, -0.2) is 29.7 Å². The first-order chi connectivity index (χ1) is 8.74. The van der Waals surface area contributed by atoms with E-state index in [-0.39, 0.29) is 11.7 Å². The van der Waals surface area contributed by atoms with Gasteiger partial charge in [0.05, 0.1) is 11.1 Å². The maximum Gasteiger partial charge on any atom is 0.270 e. The number of likely N-dealkylation sites (N-methyl/N-ethyl adjacent to an activating group) is 1. The third-order valence-electron chi connectivity index (χ3n) is 3.15. The van der Waals surface area contributed by atoms with E-state index in [2.05, 4.69) is 0 Å². The molecule has 19 heavy (non-hydrogen) atoms. The molecule has 2 rings (SSSR count). The van der Waals surface area contributed by atoms with Gasteiger partial charge in [0.2, 0.25) is 0 Å². The molecule has 0 bridgehead atoms. The smallest absolute Gasteiger partial charge is 0.270 e. The highest BCUT2D eigenvalue weighted by Gasteiger charge is 2.39. The number of nitrogens with zero attached hydrogens (tertiary/aromatic N) is 1. The molecule has 1 heterocycles. The average molecular weight is 282 g/mol. The number of fused-ring (bicyclic) bond motifs is 1. The molecule has 1 aromatic carbocycles. The summed E-state index contributed by atoms with van der Waals surface area (Å²) in [7, 11) is 1.67. The van der Waals surface area contributed by atoms with Crippen LogP contribution in [0.1, 0.15) is 31.1 Å². The number of ether oxygens (including phenoxy) is 1. The van der Waals surface area contributed by atoms with Gasteiger partial charge in [-0.15, -0.1) is 11.6 Å². The number of anilines is 1. The van der Waals surface area contributed by atoms with Crippen LogP contribution in [0.25, 0.3) is 0 Å². The number of hydrogen-bond donors (Lipinski definition) is 0. The Hall–Kier alpha value is -1.55. The second-order valence-electron chi connectivity index (χ2n) is 5.14. The van der Waals surface area contributed by atoms with Crippen molar-refractivity contribution in [3.8, 4) is 5.75 Å². The summed E-state index contributed by atoms with van der Waals surface area (Å²) >= 11 is 5.79. The summed E-state index contributed by atoms with van der Waals surface area (Å²) in [5.74, 6) is 0.268. The van der Waals surface area contributed by atoms with Crippen molar-refractivity contribution in [3.63, 3.8) is 0 Å². The highest BCUT2D eigenvalue weighted by molar-refractivity contribution is 6.33. The molecule has 0 N–H and O–H groups in total. The van der Waals surface area contributed by atoms with E-state index in [1.807, 2.05) is 0 Å². The lowest BCUT2D eigenvalue weighted by Gasteiger charge is -2.37. The van der Waals surface area contributed by atoms with E-state index >= 15 is 0 Å². The summed E-state index contributed by atoms with van der Waals surface area (Å²) in [6.45, 7) is 5.06. The van der Waals surface area contributed by atoms with E-state index in [1.165, 1.54) is 4.90 Å². The highest BCUT2D eigenvalue weighted by atomic mass is 35.5. The SMILES string of the molecule is CC(Cl)C(=O)c1ccc2c(c1)N(C)C(=O)C(C)(C)O2. The fraction of sp³-hybridized carbons (Fsp3) is 0.429. The summed E-state index contributed by atoms with van der Waals surface area (Å²) in [5.41, 5.74) is 0.171. The van der Waals surface area contributed by atoms with E-state index in [0.717, 1.165) is 0 Å². The molecule has 1 aromatic rings. The van der Waals surface area contributed by atoms with Crippen molar-refractivity contribution >= 4 is 29.0 Å². The highest BCUT2D eigenvalue weighted by Crippen LogP contribution is 2.37. The fourth-order valence-corrected chi connectivity index (χ4v) is 2.21. The molecule has 1 amide bonds. The van der Waals surface area contributed by atoms with Crippen molar-refractivity contribution in [3.05, 3.63) is 23.8 Å². The zero-order valence-corrected chi connectivity index (χ0v) is 12.1. The number of benzene rings is 1. The predicted molar refractivity (Wildman–Crippen MR) is 74.2 cm³/mol. The van der Waals surface area contributed by atoms with Gasteiger partial charge in [-0.2, -0.15) is 0 Å². The Morgan fingerprint density at radius 2 is 2.05 bits per heavy atom. The number of amides is 1. The van der Waals surface area contributed by atoms with Crippen LogP contribution in [0.5, 0.6) is 5.75 Å². The van der Waals surface area contributed by atoms with E-state index in [1.54, 1.807) is 46.0 Å². The van der Waals surface area contributed by atoms with E-state index in [9.17, 15) is 9.59 Å². The van der Waals surface area contributed by atoms with Gasteiger partial charge in [-0.3, -0.25) is 9.59 Å². The Morgan fingerprint density at radius 3 is 2.63 bits per heavy atom. The summed E-state index contributed by atoms with van der Waals surface area (Å²) < 4.78 is 5.66. The zero-order valence-electron chi connectivity index (χ0n) is 11.4. The monoisotopic (exact) mass is 281 g/mol. The standard InChI is InChI=1S/C14H16ClNO3/c1-8(15)12(17)9-5-6-11-10(7-9)16(4)13(18)14(2,3)19-11/h5-8H,1-4H3. The van der Waals surface area contributed by atoms with Crippen molar-refractivity contribution in [1.82, 2.24) is 0 Å². The van der Waals surface area contributed by atoms with Crippen LogP contribution in [0.4, 0.5) is 5.69 Å². The van der Waals surface area contributed by atoms with E-state index in [0.29, 0.717) is 17.0 Å². The average Bonchev–Trinajstić information content (AvgIpc) is 2.34. The molecule has 0 saturated heterocycles. The number of rotatable bonds is 2. The molecule has 1 atom stereocenters. The van der Waals surface area contributed by atoms with Crippen molar-refractivity contribution in [2.24, 2.45) is 0 Å². The minimum atomic E-state index is -0.896.